The number of pyridine rings is 1. The molecule has 0 amide bonds. The van der Waals surface area contributed by atoms with Crippen LogP contribution in [0.1, 0.15) is 18.9 Å². The van der Waals surface area contributed by atoms with Gasteiger partial charge in [0.15, 0.2) is 11.6 Å². The number of nitrogens with zero attached hydrogens (tertiary/aromatic N) is 5. The van der Waals surface area contributed by atoms with Gasteiger partial charge < -0.3 is 10.2 Å². The molecule has 0 unspecified atom stereocenters. The molecule has 0 radical (unpaired) electrons. The number of aryl methyl sites for hydroxylation is 1. The van der Waals surface area contributed by atoms with Crippen LogP contribution >= 0.6 is 0 Å². The molecule has 0 aromatic carbocycles. The normalized spacial score (nSPS) is 15.8. The Morgan fingerprint density at radius 2 is 1.77 bits per heavy atom. The number of nitrogens with one attached hydrogen (secondary N) is 1. The van der Waals surface area contributed by atoms with E-state index in [0.29, 0.717) is 44.2 Å². The second kappa shape index (κ2) is 7.96. The van der Waals surface area contributed by atoms with Crippen molar-refractivity contribution >= 4 is 27.5 Å². The molecule has 1 saturated heterocycles. The number of anilines is 3. The maximum atomic E-state index is 12.1. The highest BCUT2D eigenvalue weighted by Crippen LogP contribution is 2.18. The van der Waals surface area contributed by atoms with Crippen LogP contribution in [0.3, 0.4) is 0 Å². The Morgan fingerprint density at radius 3 is 2.35 bits per heavy atom. The van der Waals surface area contributed by atoms with E-state index in [4.69, 9.17) is 0 Å². The van der Waals surface area contributed by atoms with Crippen LogP contribution in [0, 0.1) is 6.92 Å². The van der Waals surface area contributed by atoms with E-state index < -0.39 is 10.0 Å². The first-order chi connectivity index (χ1) is 12.5. The average Bonchev–Trinajstić information content (AvgIpc) is 2.64. The zero-order chi connectivity index (χ0) is 18.6. The van der Waals surface area contributed by atoms with Gasteiger partial charge in [-0.3, -0.25) is 0 Å². The third kappa shape index (κ3) is 4.47. The molecule has 1 aliphatic rings. The van der Waals surface area contributed by atoms with E-state index in [1.165, 1.54) is 0 Å². The van der Waals surface area contributed by atoms with E-state index in [9.17, 15) is 8.42 Å². The summed E-state index contributed by atoms with van der Waals surface area (Å²) in [6, 6.07) is 7.61. The number of hydrogen-bond donors (Lipinski definition) is 1. The van der Waals surface area contributed by atoms with Gasteiger partial charge in [0.25, 0.3) is 0 Å². The predicted octanol–water partition coefficient (Wildman–Crippen LogP) is 1.79. The molecule has 0 aliphatic carbocycles. The van der Waals surface area contributed by atoms with Crippen molar-refractivity contribution in [3.05, 3.63) is 36.0 Å². The van der Waals surface area contributed by atoms with Gasteiger partial charge in [-0.1, -0.05) is 13.0 Å². The summed E-state index contributed by atoms with van der Waals surface area (Å²) in [6.45, 7) is 6.06. The van der Waals surface area contributed by atoms with Crippen LogP contribution in [0.4, 0.5) is 17.5 Å². The molecule has 1 aliphatic heterocycles. The van der Waals surface area contributed by atoms with Crippen molar-refractivity contribution in [2.24, 2.45) is 0 Å². The number of aromatic nitrogens is 3. The number of hydrogen-bond acceptors (Lipinski definition) is 7. The number of rotatable bonds is 6. The highest BCUT2D eigenvalue weighted by molar-refractivity contribution is 7.89. The van der Waals surface area contributed by atoms with Crippen molar-refractivity contribution in [2.45, 2.75) is 20.3 Å². The van der Waals surface area contributed by atoms with Gasteiger partial charge in [0.1, 0.15) is 5.82 Å². The van der Waals surface area contributed by atoms with Crippen molar-refractivity contribution in [1.82, 2.24) is 19.5 Å². The van der Waals surface area contributed by atoms with Gasteiger partial charge in [0.05, 0.1) is 5.75 Å². The molecule has 0 atom stereocenters. The van der Waals surface area contributed by atoms with E-state index in [-0.39, 0.29) is 5.75 Å². The molecule has 9 heteroatoms. The molecule has 2 aromatic rings. The highest BCUT2D eigenvalue weighted by Gasteiger charge is 2.26. The van der Waals surface area contributed by atoms with E-state index in [1.54, 1.807) is 10.5 Å². The lowest BCUT2D eigenvalue weighted by atomic mass is 10.3. The van der Waals surface area contributed by atoms with Crippen molar-refractivity contribution in [3.63, 3.8) is 0 Å². The SMILES string of the molecule is CCCS(=O)(=O)N1CCN(c2ccc(Nc3ccc(C)cn3)nn2)CC1. The number of sulfonamides is 1. The quantitative estimate of drug-likeness (QED) is 0.822. The maximum absolute atomic E-state index is 12.1. The molecule has 0 spiro atoms. The van der Waals surface area contributed by atoms with Crippen molar-refractivity contribution in [2.75, 3.05) is 42.1 Å². The number of piperazine rings is 1. The summed E-state index contributed by atoms with van der Waals surface area (Å²) in [6.07, 6.45) is 2.43. The van der Waals surface area contributed by atoms with Crippen molar-refractivity contribution in [1.29, 1.82) is 0 Å². The Kier molecular flexibility index (Phi) is 5.67. The summed E-state index contributed by atoms with van der Waals surface area (Å²) < 4.78 is 25.8. The topological polar surface area (TPSA) is 91.3 Å². The Bertz CT molecular complexity index is 815. The Morgan fingerprint density at radius 1 is 1.04 bits per heavy atom. The van der Waals surface area contributed by atoms with Crippen molar-refractivity contribution in [3.8, 4) is 0 Å². The molecule has 0 saturated carbocycles. The average molecular weight is 376 g/mol. The van der Waals surface area contributed by atoms with Gasteiger partial charge >= 0.3 is 0 Å². The largest absolute Gasteiger partial charge is 0.352 e. The molecule has 3 rings (SSSR count). The lowest BCUT2D eigenvalue weighted by Crippen LogP contribution is -2.49. The maximum Gasteiger partial charge on any atom is 0.214 e. The molecule has 26 heavy (non-hydrogen) atoms. The third-order valence-electron chi connectivity index (χ3n) is 4.24. The van der Waals surface area contributed by atoms with Gasteiger partial charge in [-0.15, -0.1) is 10.2 Å². The lowest BCUT2D eigenvalue weighted by molar-refractivity contribution is 0.383. The fraction of sp³-hybridized carbons (Fsp3) is 0.471. The smallest absolute Gasteiger partial charge is 0.214 e. The fourth-order valence-corrected chi connectivity index (χ4v) is 4.31. The summed E-state index contributed by atoms with van der Waals surface area (Å²) in [5.41, 5.74) is 1.09. The van der Waals surface area contributed by atoms with Gasteiger partial charge in [-0.2, -0.15) is 4.31 Å². The standard InChI is InChI=1S/C17H24N6O2S/c1-3-12-26(24,25)23-10-8-22(9-11-23)17-7-6-16(20-21-17)19-15-5-4-14(2)13-18-15/h4-7,13H,3,8-12H2,1-2H3,(H,18,19,20). The van der Waals surface area contributed by atoms with Gasteiger partial charge in [-0.05, 0) is 37.1 Å². The van der Waals surface area contributed by atoms with Crippen LogP contribution in [0.15, 0.2) is 30.5 Å². The first-order valence-corrected chi connectivity index (χ1v) is 10.3. The molecule has 0 bridgehead atoms. The molecular formula is C17H24N6O2S. The van der Waals surface area contributed by atoms with Gasteiger partial charge in [-0.25, -0.2) is 13.4 Å². The Balaban J connectivity index is 1.59. The molecular weight excluding hydrogens is 352 g/mol. The van der Waals surface area contributed by atoms with Crippen molar-refractivity contribution < 1.29 is 8.42 Å². The minimum atomic E-state index is -3.13. The van der Waals surface area contributed by atoms with Crippen LogP contribution in [-0.2, 0) is 10.0 Å². The van der Waals surface area contributed by atoms with E-state index >= 15 is 0 Å². The second-order valence-electron chi connectivity index (χ2n) is 6.32. The highest BCUT2D eigenvalue weighted by atomic mass is 32.2. The van der Waals surface area contributed by atoms with Gasteiger partial charge in [0.2, 0.25) is 10.0 Å². The molecule has 1 fully saturated rings. The molecule has 1 N–H and O–H groups in total. The zero-order valence-electron chi connectivity index (χ0n) is 15.1. The summed E-state index contributed by atoms with van der Waals surface area (Å²) in [5, 5.41) is 11.6. The molecule has 8 nitrogen and oxygen atoms in total. The minimum absolute atomic E-state index is 0.209. The van der Waals surface area contributed by atoms with Crippen LogP contribution in [-0.4, -0.2) is 59.8 Å². The monoisotopic (exact) mass is 376 g/mol. The minimum Gasteiger partial charge on any atom is -0.352 e. The van der Waals surface area contributed by atoms with Crippen LogP contribution in [0.2, 0.25) is 0 Å². The molecule has 140 valence electrons. The summed E-state index contributed by atoms with van der Waals surface area (Å²) in [7, 11) is -3.13. The Labute approximate surface area is 154 Å². The molecule has 2 aromatic heterocycles. The summed E-state index contributed by atoms with van der Waals surface area (Å²) in [4.78, 5) is 6.33. The zero-order valence-corrected chi connectivity index (χ0v) is 15.9. The van der Waals surface area contributed by atoms with Crippen LogP contribution < -0.4 is 10.2 Å². The van der Waals surface area contributed by atoms with Crippen LogP contribution in [0.5, 0.6) is 0 Å². The van der Waals surface area contributed by atoms with E-state index in [1.807, 2.05) is 38.1 Å². The Hall–Kier alpha value is -2.26. The van der Waals surface area contributed by atoms with E-state index in [2.05, 4.69) is 25.4 Å². The van der Waals surface area contributed by atoms with E-state index in [0.717, 1.165) is 11.4 Å². The van der Waals surface area contributed by atoms with Gasteiger partial charge in [0, 0.05) is 32.4 Å². The second-order valence-corrected chi connectivity index (χ2v) is 8.41. The predicted molar refractivity (Wildman–Crippen MR) is 102 cm³/mol. The first-order valence-electron chi connectivity index (χ1n) is 8.74. The molecule has 3 heterocycles. The summed E-state index contributed by atoms with van der Waals surface area (Å²) >= 11 is 0. The fourth-order valence-electron chi connectivity index (χ4n) is 2.82. The van der Waals surface area contributed by atoms with Crippen LogP contribution in [0.25, 0.3) is 0 Å². The summed E-state index contributed by atoms with van der Waals surface area (Å²) in [5.74, 6) is 2.29. The lowest BCUT2D eigenvalue weighted by Gasteiger charge is -2.34. The third-order valence-corrected chi connectivity index (χ3v) is 6.31. The first kappa shape index (κ1) is 18.5.